The Morgan fingerprint density at radius 2 is 1.03 bits per heavy atom. The Balaban J connectivity index is 1.28. The van der Waals surface area contributed by atoms with Crippen LogP contribution < -0.4 is 0 Å². The van der Waals surface area contributed by atoms with Crippen LogP contribution in [0.15, 0.2) is 24.3 Å². The lowest BCUT2D eigenvalue weighted by molar-refractivity contribution is -0.311. The van der Waals surface area contributed by atoms with Crippen molar-refractivity contribution in [2.75, 3.05) is 0 Å². The van der Waals surface area contributed by atoms with Gasteiger partial charge in [0.25, 0.3) is 0 Å². The van der Waals surface area contributed by atoms with Crippen LogP contribution >= 0.6 is 0 Å². The summed E-state index contributed by atoms with van der Waals surface area (Å²) in [6.45, 7) is 14.5. The summed E-state index contributed by atoms with van der Waals surface area (Å²) >= 11 is 0. The van der Waals surface area contributed by atoms with E-state index < -0.39 is 138 Å². The predicted molar refractivity (Wildman–Crippen MR) is 214 cm³/mol. The van der Waals surface area contributed by atoms with Gasteiger partial charge in [-0.15, -0.1) is 0 Å². The SMILES string of the molecule is CC(=O)O[C@H]1CC=C[C@@H]2C[C@H](OC(=O)[C@H]3O[B-]45O[C@H](C(=O)O[C@H]6C[C@@H](C=CC[C@H](OC(C)=O)C(C)(C)[C@@H]7CC[C@@H](C)[C@]3(O7)O4)O[C@@H]6C)[C@@]3(O[C@@H](CC[C@H]3C)C1(C)C)O5)[C@@H](C)O2. The maximum Gasteiger partial charge on any atom is 0.536 e. The summed E-state index contributed by atoms with van der Waals surface area (Å²) in [4.78, 5) is 54.9. The van der Waals surface area contributed by atoms with Crippen LogP contribution in [0, 0.1) is 22.7 Å². The summed E-state index contributed by atoms with van der Waals surface area (Å²) in [5.41, 5.74) is -1.69. The van der Waals surface area contributed by atoms with E-state index in [9.17, 15) is 19.2 Å². The van der Waals surface area contributed by atoms with Gasteiger partial charge < -0.3 is 56.5 Å². The third-order valence-corrected chi connectivity index (χ3v) is 14.8. The van der Waals surface area contributed by atoms with Gasteiger partial charge in [0.15, 0.2) is 23.8 Å². The van der Waals surface area contributed by atoms with Crippen molar-refractivity contribution < 1.29 is 75.7 Å². The molecule has 61 heavy (non-hydrogen) atoms. The number of hydrogen-bond donors (Lipinski definition) is 0. The first kappa shape index (κ1) is 44.7. The van der Waals surface area contributed by atoms with Crippen molar-refractivity contribution in [3.05, 3.63) is 24.3 Å². The lowest BCUT2D eigenvalue weighted by atomic mass is 9.73. The van der Waals surface area contributed by atoms with Crippen LogP contribution in [0.2, 0.25) is 0 Å². The molecule has 340 valence electrons. The molecule has 8 rings (SSSR count). The highest BCUT2D eigenvalue weighted by Crippen LogP contribution is 2.57. The average molecular weight is 860 g/mol. The number of esters is 4. The Labute approximate surface area is 358 Å². The third kappa shape index (κ3) is 8.01. The van der Waals surface area contributed by atoms with E-state index in [1.807, 2.05) is 79.7 Å². The number of carbonyl (C=O) groups is 4. The van der Waals surface area contributed by atoms with Crippen molar-refractivity contribution in [1.82, 2.24) is 0 Å². The topological polar surface area (TPSA) is 179 Å². The highest BCUT2D eigenvalue weighted by Gasteiger charge is 2.73. The molecule has 11 bridgehead atoms. The molecule has 8 aliphatic heterocycles. The van der Waals surface area contributed by atoms with Crippen LogP contribution in [0.25, 0.3) is 0 Å². The van der Waals surface area contributed by atoms with E-state index in [4.69, 9.17) is 56.5 Å². The summed E-state index contributed by atoms with van der Waals surface area (Å²) in [5.74, 6) is -7.22. The van der Waals surface area contributed by atoms with E-state index in [1.165, 1.54) is 13.8 Å². The van der Waals surface area contributed by atoms with Gasteiger partial charge in [0.05, 0.1) is 36.6 Å². The fraction of sp³-hybridized carbons (Fsp3) is 0.818. The van der Waals surface area contributed by atoms with Gasteiger partial charge >= 0.3 is 30.8 Å². The molecular weight excluding hydrogens is 795 g/mol. The predicted octanol–water partition coefficient (Wildman–Crippen LogP) is 5.29. The third-order valence-electron chi connectivity index (χ3n) is 14.8. The van der Waals surface area contributed by atoms with E-state index in [0.717, 1.165) is 0 Å². The smallest absolute Gasteiger partial charge is 0.504 e. The molecular formula is C44H64BO16-. The molecule has 6 fully saturated rings. The molecule has 3 spiro atoms. The van der Waals surface area contributed by atoms with Crippen molar-refractivity contribution in [3.63, 3.8) is 0 Å². The maximum absolute atomic E-state index is 14.8. The van der Waals surface area contributed by atoms with Crippen LogP contribution in [0.5, 0.6) is 0 Å². The van der Waals surface area contributed by atoms with Crippen molar-refractivity contribution in [1.29, 1.82) is 0 Å². The number of fused-ring (bicyclic) bond motifs is 8. The number of hydrogen-bond acceptors (Lipinski definition) is 16. The molecule has 6 saturated heterocycles. The van der Waals surface area contributed by atoms with Crippen molar-refractivity contribution >= 4 is 30.8 Å². The monoisotopic (exact) mass is 859 g/mol. The summed E-state index contributed by atoms with van der Waals surface area (Å²) in [5, 5.41) is 0. The first-order chi connectivity index (χ1) is 28.7. The molecule has 16 atom stereocenters. The minimum absolute atomic E-state index is 0.335. The van der Waals surface area contributed by atoms with Crippen molar-refractivity contribution in [3.8, 4) is 0 Å². The fourth-order valence-corrected chi connectivity index (χ4v) is 10.8. The molecule has 16 nitrogen and oxygen atoms in total. The van der Waals surface area contributed by atoms with Gasteiger partial charge in [-0.1, -0.05) is 65.8 Å². The molecule has 0 aromatic heterocycles. The van der Waals surface area contributed by atoms with Crippen LogP contribution in [0.1, 0.15) is 121 Å². The lowest BCUT2D eigenvalue weighted by Gasteiger charge is -2.53. The Morgan fingerprint density at radius 3 is 1.41 bits per heavy atom. The van der Waals surface area contributed by atoms with Crippen molar-refractivity contribution in [2.45, 2.75) is 205 Å². The zero-order valence-electron chi connectivity index (χ0n) is 37.2. The van der Waals surface area contributed by atoms with E-state index in [0.29, 0.717) is 51.4 Å². The second-order valence-corrected chi connectivity index (χ2v) is 19.8. The summed E-state index contributed by atoms with van der Waals surface area (Å²) in [6, 6.07) is 0. The van der Waals surface area contributed by atoms with Crippen LogP contribution in [-0.2, 0) is 75.7 Å². The molecule has 0 N–H and O–H groups in total. The summed E-state index contributed by atoms with van der Waals surface area (Å²) in [6.07, 6.45) is 2.18. The highest BCUT2D eigenvalue weighted by molar-refractivity contribution is 6.56. The molecule has 0 aromatic carbocycles. The second-order valence-electron chi connectivity index (χ2n) is 19.8. The molecule has 0 aromatic rings. The van der Waals surface area contributed by atoms with Crippen LogP contribution in [0.4, 0.5) is 0 Å². The Hall–Kier alpha value is -2.90. The molecule has 0 radical (unpaired) electrons. The van der Waals surface area contributed by atoms with Gasteiger partial charge in [-0.2, -0.15) is 0 Å². The first-order valence-corrected chi connectivity index (χ1v) is 22.3. The van der Waals surface area contributed by atoms with Crippen LogP contribution in [-0.4, -0.2) is 116 Å². The molecule has 0 unspecified atom stereocenters. The maximum atomic E-state index is 14.8. The molecule has 0 amide bonds. The largest absolute Gasteiger partial charge is 0.536 e. The van der Waals surface area contributed by atoms with E-state index >= 15 is 0 Å². The van der Waals surface area contributed by atoms with Gasteiger partial charge in [-0.3, -0.25) is 9.59 Å². The Bertz CT molecular complexity index is 1660. The molecule has 17 heteroatoms. The first-order valence-electron chi connectivity index (χ1n) is 22.3. The molecule has 0 aliphatic carbocycles. The Kier molecular flexibility index (Phi) is 11.9. The van der Waals surface area contributed by atoms with Gasteiger partial charge in [0.1, 0.15) is 24.4 Å². The zero-order chi connectivity index (χ0) is 43.9. The standard InChI is InChI=1S/C44H64BO16/c1-23-17-19-35-41(7,8)33(52-27(5)46)15-11-13-30-22-32(26(4)51-30)55-40(49)38-44-24(2)18-20-36(57-44)42(9,10)34(53-28(6)47)16-12-14-29-21-31(25(3)50-29)54-39(48)37-43(23,56-35)60-45(58-37,59-38)61-44/h11-14,23-26,29-38H,15-22H2,1-10H3/q-1/t23-,24-,25-,26-,29-,30-,31+,32+,33+,34+,35+,36+,37-,38-,43+,44+,45?/m1/s1. The normalized spacial score (nSPS) is 47.9. The Morgan fingerprint density at radius 1 is 0.639 bits per heavy atom. The van der Waals surface area contributed by atoms with Gasteiger partial charge in [0.2, 0.25) is 0 Å². The summed E-state index contributed by atoms with van der Waals surface area (Å²) < 4.78 is 78.6. The van der Waals surface area contributed by atoms with E-state index in [-0.39, 0.29) is 0 Å². The quantitative estimate of drug-likeness (QED) is 0.151. The minimum atomic E-state index is -3.50. The van der Waals surface area contributed by atoms with Crippen LogP contribution in [0.3, 0.4) is 0 Å². The molecule has 8 aliphatic rings. The van der Waals surface area contributed by atoms with E-state index in [1.54, 1.807) is 0 Å². The zero-order valence-corrected chi connectivity index (χ0v) is 37.2. The number of ether oxygens (including phenoxy) is 8. The van der Waals surface area contributed by atoms with Gasteiger partial charge in [-0.25, -0.2) is 9.59 Å². The van der Waals surface area contributed by atoms with Gasteiger partial charge in [0, 0.05) is 62.2 Å². The minimum Gasteiger partial charge on any atom is -0.504 e. The number of carbonyl (C=O) groups excluding carboxylic acids is 4. The molecule has 0 saturated carbocycles. The van der Waals surface area contributed by atoms with E-state index in [2.05, 4.69) is 0 Å². The highest BCUT2D eigenvalue weighted by atomic mass is 17.0. The summed E-state index contributed by atoms with van der Waals surface area (Å²) in [7, 11) is 0. The van der Waals surface area contributed by atoms with Crippen molar-refractivity contribution in [2.24, 2.45) is 22.7 Å². The average Bonchev–Trinajstić information content (AvgIpc) is 3.90. The molecule has 8 heterocycles. The van der Waals surface area contributed by atoms with Gasteiger partial charge in [-0.05, 0) is 39.5 Å². The second kappa shape index (κ2) is 16.3. The number of rotatable bonds is 2. The lowest BCUT2D eigenvalue weighted by Crippen LogP contribution is -2.61. The fourth-order valence-electron chi connectivity index (χ4n) is 10.8.